The van der Waals surface area contributed by atoms with Gasteiger partial charge < -0.3 is 13.9 Å². The first-order chi connectivity index (χ1) is 14.3. The molecule has 0 fully saturated rings. The smallest absolute Gasteiger partial charge is 0.408 e. The number of hydrogen-bond acceptors (Lipinski definition) is 6. The summed E-state index contributed by atoms with van der Waals surface area (Å²) < 4.78 is 35.0. The molecule has 0 aliphatic carbocycles. The van der Waals surface area contributed by atoms with Gasteiger partial charge in [-0.25, -0.2) is 22.9 Å². The molecule has 0 aliphatic rings. The molecule has 0 amide bonds. The van der Waals surface area contributed by atoms with Crippen LogP contribution in [0.4, 0.5) is 0 Å². The van der Waals surface area contributed by atoms with Gasteiger partial charge in [-0.15, -0.1) is 0 Å². The first kappa shape index (κ1) is 20.3. The highest BCUT2D eigenvalue weighted by Gasteiger charge is 2.17. The van der Waals surface area contributed by atoms with Crippen LogP contribution in [0, 0.1) is 0 Å². The van der Waals surface area contributed by atoms with E-state index in [0.29, 0.717) is 11.9 Å². The summed E-state index contributed by atoms with van der Waals surface area (Å²) in [4.78, 5) is 20.6. The zero-order valence-electron chi connectivity index (χ0n) is 16.8. The number of hydrogen-bond donors (Lipinski definition) is 2. The molecule has 158 valence electrons. The molecule has 2 aromatic carbocycles. The fraction of sp³-hybridized carbons (Fsp3) is 0.300. The predicted octanol–water partition coefficient (Wildman–Crippen LogP) is 1.55. The van der Waals surface area contributed by atoms with Gasteiger partial charge in [0.25, 0.3) is 0 Å². The lowest BCUT2D eigenvalue weighted by atomic mass is 10.3. The predicted molar refractivity (Wildman–Crippen MR) is 114 cm³/mol. The van der Waals surface area contributed by atoms with Gasteiger partial charge in [-0.3, -0.25) is 4.98 Å². The first-order valence-electron chi connectivity index (χ1n) is 9.55. The van der Waals surface area contributed by atoms with Gasteiger partial charge >= 0.3 is 5.76 Å². The van der Waals surface area contributed by atoms with Crippen LogP contribution in [-0.4, -0.2) is 55.0 Å². The molecule has 0 spiro atoms. The standard InChI is InChI=1S/C20H23N5O4S/c1-24(2)11-12-25-17-6-4-3-5-15(17)22-19(25)9-10-21-30(27,28)14-7-8-16-18(13-14)29-20(26)23-16/h3-8,13,21H,9-12H2,1-2H3,(H,23,26). The van der Waals surface area contributed by atoms with Crippen LogP contribution in [-0.2, 0) is 23.0 Å². The lowest BCUT2D eigenvalue weighted by molar-refractivity contribution is 0.383. The minimum absolute atomic E-state index is 0.0406. The maximum Gasteiger partial charge on any atom is 0.417 e. The number of aromatic nitrogens is 3. The van der Waals surface area contributed by atoms with Crippen molar-refractivity contribution >= 4 is 32.2 Å². The summed E-state index contributed by atoms with van der Waals surface area (Å²) in [5, 5.41) is 0. The van der Waals surface area contributed by atoms with Gasteiger partial charge in [0.05, 0.1) is 21.4 Å². The van der Waals surface area contributed by atoms with Crippen molar-refractivity contribution in [2.45, 2.75) is 17.9 Å². The molecule has 2 N–H and O–H groups in total. The largest absolute Gasteiger partial charge is 0.417 e. The summed E-state index contributed by atoms with van der Waals surface area (Å²) in [7, 11) is 0.268. The SMILES string of the molecule is CN(C)CCn1c(CCNS(=O)(=O)c2ccc3[nH]c(=O)oc3c2)nc2ccccc21. The van der Waals surface area contributed by atoms with E-state index in [1.54, 1.807) is 0 Å². The second-order valence-corrected chi connectivity index (χ2v) is 9.06. The average Bonchev–Trinajstić information content (AvgIpc) is 3.24. The molecule has 2 heterocycles. The molecule has 0 radical (unpaired) electrons. The third kappa shape index (κ3) is 4.16. The van der Waals surface area contributed by atoms with Crippen LogP contribution in [0.1, 0.15) is 5.82 Å². The van der Waals surface area contributed by atoms with Crippen LogP contribution in [0.2, 0.25) is 0 Å². The second kappa shape index (κ2) is 8.05. The Labute approximate surface area is 173 Å². The Bertz CT molecular complexity index is 1350. The Morgan fingerprint density at radius 1 is 1.20 bits per heavy atom. The number of nitrogens with zero attached hydrogens (tertiary/aromatic N) is 3. The molecule has 0 unspecified atom stereocenters. The quantitative estimate of drug-likeness (QED) is 0.439. The van der Waals surface area contributed by atoms with E-state index in [2.05, 4.69) is 24.2 Å². The number of fused-ring (bicyclic) bond motifs is 2. The van der Waals surface area contributed by atoms with Crippen LogP contribution in [0.25, 0.3) is 22.1 Å². The van der Waals surface area contributed by atoms with Crippen LogP contribution in [0.3, 0.4) is 0 Å². The third-order valence-electron chi connectivity index (χ3n) is 4.85. The normalized spacial score (nSPS) is 12.4. The maximum atomic E-state index is 12.7. The highest BCUT2D eigenvalue weighted by atomic mass is 32.2. The minimum Gasteiger partial charge on any atom is -0.408 e. The van der Waals surface area contributed by atoms with Crippen molar-refractivity contribution in [3.63, 3.8) is 0 Å². The van der Waals surface area contributed by atoms with Crippen molar-refractivity contribution < 1.29 is 12.8 Å². The highest BCUT2D eigenvalue weighted by molar-refractivity contribution is 7.89. The number of nitrogens with one attached hydrogen (secondary N) is 2. The Balaban J connectivity index is 1.52. The number of likely N-dealkylation sites (N-methyl/N-ethyl adjacent to an activating group) is 1. The highest BCUT2D eigenvalue weighted by Crippen LogP contribution is 2.18. The molecule has 0 saturated carbocycles. The number of sulfonamides is 1. The number of benzene rings is 2. The molecular weight excluding hydrogens is 406 g/mol. The van der Waals surface area contributed by atoms with Crippen molar-refractivity contribution in [2.24, 2.45) is 0 Å². The molecule has 30 heavy (non-hydrogen) atoms. The van der Waals surface area contributed by atoms with Crippen LogP contribution >= 0.6 is 0 Å². The molecule has 0 aliphatic heterocycles. The number of para-hydroxylation sites is 2. The van der Waals surface area contributed by atoms with Gasteiger partial charge in [-0.2, -0.15) is 0 Å². The molecule has 0 saturated heterocycles. The summed E-state index contributed by atoms with van der Waals surface area (Å²) in [6.07, 6.45) is 0.447. The van der Waals surface area contributed by atoms with Gasteiger partial charge in [0, 0.05) is 32.1 Å². The Hall–Kier alpha value is -2.95. The summed E-state index contributed by atoms with van der Waals surface area (Å²) in [5.74, 6) is 0.206. The topological polar surface area (TPSA) is 113 Å². The summed E-state index contributed by atoms with van der Waals surface area (Å²) >= 11 is 0. The fourth-order valence-electron chi connectivity index (χ4n) is 3.34. The fourth-order valence-corrected chi connectivity index (χ4v) is 4.39. The third-order valence-corrected chi connectivity index (χ3v) is 6.31. The van der Waals surface area contributed by atoms with E-state index in [1.807, 2.05) is 38.4 Å². The number of H-pyrrole nitrogens is 1. The van der Waals surface area contributed by atoms with Gasteiger partial charge in [-0.05, 0) is 38.4 Å². The van der Waals surface area contributed by atoms with E-state index in [-0.39, 0.29) is 17.0 Å². The molecule has 4 aromatic rings. The molecule has 4 rings (SSSR count). The van der Waals surface area contributed by atoms with E-state index >= 15 is 0 Å². The molecule has 0 bridgehead atoms. The zero-order valence-corrected chi connectivity index (χ0v) is 17.6. The molecular formula is C20H23N5O4S. The first-order valence-corrected chi connectivity index (χ1v) is 11.0. The van der Waals surface area contributed by atoms with Gasteiger partial charge in [0.2, 0.25) is 10.0 Å². The van der Waals surface area contributed by atoms with E-state index in [4.69, 9.17) is 4.42 Å². The number of aromatic amines is 1. The molecule has 2 aromatic heterocycles. The van der Waals surface area contributed by atoms with E-state index in [9.17, 15) is 13.2 Å². The van der Waals surface area contributed by atoms with Crippen LogP contribution in [0.5, 0.6) is 0 Å². The second-order valence-electron chi connectivity index (χ2n) is 7.29. The number of imidazole rings is 1. The molecule has 0 atom stereocenters. The van der Waals surface area contributed by atoms with E-state index in [0.717, 1.165) is 29.9 Å². The van der Waals surface area contributed by atoms with E-state index < -0.39 is 15.8 Å². The maximum absolute atomic E-state index is 12.7. The van der Waals surface area contributed by atoms with Gasteiger partial charge in [0.15, 0.2) is 5.58 Å². The Morgan fingerprint density at radius 2 is 2.00 bits per heavy atom. The van der Waals surface area contributed by atoms with E-state index in [1.165, 1.54) is 18.2 Å². The summed E-state index contributed by atoms with van der Waals surface area (Å²) in [6.45, 7) is 1.81. The average molecular weight is 430 g/mol. The van der Waals surface area contributed by atoms with Crippen LogP contribution < -0.4 is 10.5 Å². The van der Waals surface area contributed by atoms with Crippen molar-refractivity contribution in [1.82, 2.24) is 24.2 Å². The van der Waals surface area contributed by atoms with Gasteiger partial charge in [-0.1, -0.05) is 12.1 Å². The lowest BCUT2D eigenvalue weighted by Crippen LogP contribution is -2.27. The van der Waals surface area contributed by atoms with Crippen molar-refractivity contribution in [2.75, 3.05) is 27.2 Å². The van der Waals surface area contributed by atoms with Crippen molar-refractivity contribution in [3.8, 4) is 0 Å². The Morgan fingerprint density at radius 3 is 2.80 bits per heavy atom. The van der Waals surface area contributed by atoms with Crippen LogP contribution in [0.15, 0.2) is 56.6 Å². The van der Waals surface area contributed by atoms with Crippen molar-refractivity contribution in [1.29, 1.82) is 0 Å². The van der Waals surface area contributed by atoms with Crippen molar-refractivity contribution in [3.05, 3.63) is 58.8 Å². The number of oxazole rings is 1. The van der Waals surface area contributed by atoms with Gasteiger partial charge in [0.1, 0.15) is 5.82 Å². The summed E-state index contributed by atoms with van der Waals surface area (Å²) in [5.41, 5.74) is 2.58. The monoisotopic (exact) mass is 429 g/mol. The lowest BCUT2D eigenvalue weighted by Gasteiger charge is -2.13. The minimum atomic E-state index is -3.75. The Kier molecular flexibility index (Phi) is 5.46. The summed E-state index contributed by atoms with van der Waals surface area (Å²) in [6, 6.07) is 12.2. The molecule has 9 nitrogen and oxygen atoms in total. The molecule has 10 heteroatoms. The number of rotatable bonds is 8. The zero-order chi connectivity index (χ0) is 21.3.